The van der Waals surface area contributed by atoms with Gasteiger partial charge in [-0.1, -0.05) is 18.2 Å². The molecule has 0 fully saturated rings. The lowest BCUT2D eigenvalue weighted by Crippen LogP contribution is -2.35. The van der Waals surface area contributed by atoms with Crippen molar-refractivity contribution >= 4 is 6.03 Å². The molecule has 0 unspecified atom stereocenters. The fourth-order valence-electron chi connectivity index (χ4n) is 0.922. The van der Waals surface area contributed by atoms with E-state index >= 15 is 0 Å². The molecule has 0 aromatic heterocycles. The second kappa shape index (κ2) is 6.68. The highest BCUT2D eigenvalue weighted by Gasteiger charge is 2.01. The molecule has 1 rings (SSSR count). The summed E-state index contributed by atoms with van der Waals surface area (Å²) in [6.45, 7) is 0.687. The van der Waals surface area contributed by atoms with Crippen molar-refractivity contribution in [1.82, 2.24) is 10.4 Å². The molecule has 0 saturated heterocycles. The Morgan fingerprint density at radius 3 is 2.56 bits per heavy atom. The molecule has 16 heavy (non-hydrogen) atoms. The van der Waals surface area contributed by atoms with Crippen LogP contribution in [0.15, 0.2) is 30.3 Å². The fourth-order valence-corrected chi connectivity index (χ4v) is 0.922. The minimum absolute atomic E-state index is 0.292. The number of urea groups is 1. The summed E-state index contributed by atoms with van der Waals surface area (Å²) in [6, 6.07) is 9.13. The Hall–Kier alpha value is -1.75. The minimum Gasteiger partial charge on any atom is -0.491 e. The fraction of sp³-hybridized carbons (Fsp3) is 0.364. The lowest BCUT2D eigenvalue weighted by Gasteiger charge is -2.11. The summed E-state index contributed by atoms with van der Waals surface area (Å²) in [5, 5.41) is 0. The number of hydrogen-bond acceptors (Lipinski definition) is 3. The second-order valence-corrected chi connectivity index (χ2v) is 3.31. The zero-order valence-electron chi connectivity index (χ0n) is 9.47. The summed E-state index contributed by atoms with van der Waals surface area (Å²) in [6.07, 6.45) is 0. The largest absolute Gasteiger partial charge is 0.491 e. The molecule has 1 N–H and O–H groups in total. The van der Waals surface area contributed by atoms with Gasteiger partial charge in [0.1, 0.15) is 19.0 Å². The predicted octanol–water partition coefficient (Wildman–Crippen LogP) is 1.27. The SMILES string of the molecule is CN(C)C(=O)NOCCOc1ccccc1. The van der Waals surface area contributed by atoms with Gasteiger partial charge in [-0.15, -0.1) is 0 Å². The molecule has 0 radical (unpaired) electrons. The van der Waals surface area contributed by atoms with Gasteiger partial charge in [-0.3, -0.25) is 4.84 Å². The highest BCUT2D eigenvalue weighted by atomic mass is 16.7. The maximum absolute atomic E-state index is 11.0. The van der Waals surface area contributed by atoms with Crippen LogP contribution >= 0.6 is 0 Å². The molecule has 0 aliphatic rings. The van der Waals surface area contributed by atoms with Crippen LogP contribution in [0.5, 0.6) is 5.75 Å². The van der Waals surface area contributed by atoms with Crippen molar-refractivity contribution in [3.63, 3.8) is 0 Å². The van der Waals surface area contributed by atoms with E-state index in [4.69, 9.17) is 9.57 Å². The first kappa shape index (κ1) is 12.3. The van der Waals surface area contributed by atoms with Crippen LogP contribution in [0.25, 0.3) is 0 Å². The van der Waals surface area contributed by atoms with Crippen LogP contribution in [-0.2, 0) is 4.84 Å². The van der Waals surface area contributed by atoms with E-state index in [0.717, 1.165) is 5.75 Å². The molecular formula is C11H16N2O3. The number of amides is 2. The van der Waals surface area contributed by atoms with Crippen molar-refractivity contribution in [2.24, 2.45) is 0 Å². The number of ether oxygens (including phenoxy) is 1. The average Bonchev–Trinajstić information content (AvgIpc) is 2.29. The Labute approximate surface area is 94.9 Å². The number of hydrogen-bond donors (Lipinski definition) is 1. The highest BCUT2D eigenvalue weighted by molar-refractivity contribution is 5.72. The molecular weight excluding hydrogens is 208 g/mol. The molecule has 5 heteroatoms. The summed E-state index contributed by atoms with van der Waals surface area (Å²) in [4.78, 5) is 17.3. The van der Waals surface area contributed by atoms with Gasteiger partial charge in [-0.2, -0.15) is 0 Å². The molecule has 1 aromatic carbocycles. The second-order valence-electron chi connectivity index (χ2n) is 3.31. The first-order valence-electron chi connectivity index (χ1n) is 4.97. The van der Waals surface area contributed by atoms with Crippen LogP contribution < -0.4 is 10.2 Å². The van der Waals surface area contributed by atoms with E-state index in [9.17, 15) is 4.79 Å². The standard InChI is InChI=1S/C11H16N2O3/c1-13(2)11(14)12-16-9-8-15-10-6-4-3-5-7-10/h3-7H,8-9H2,1-2H3,(H,12,14). The van der Waals surface area contributed by atoms with Crippen molar-refractivity contribution < 1.29 is 14.4 Å². The van der Waals surface area contributed by atoms with Gasteiger partial charge in [-0.25, -0.2) is 10.3 Å². The summed E-state index contributed by atoms with van der Waals surface area (Å²) in [5.74, 6) is 0.782. The number of para-hydroxylation sites is 1. The summed E-state index contributed by atoms with van der Waals surface area (Å²) < 4.78 is 5.36. The lowest BCUT2D eigenvalue weighted by molar-refractivity contribution is 0.0346. The van der Waals surface area contributed by atoms with E-state index in [1.165, 1.54) is 4.90 Å². The predicted molar refractivity (Wildman–Crippen MR) is 60.1 cm³/mol. The molecule has 0 saturated carbocycles. The molecule has 88 valence electrons. The van der Waals surface area contributed by atoms with E-state index in [1.807, 2.05) is 30.3 Å². The molecule has 2 amide bonds. The minimum atomic E-state index is -0.292. The van der Waals surface area contributed by atoms with Crippen LogP contribution in [-0.4, -0.2) is 38.2 Å². The van der Waals surface area contributed by atoms with Crippen LogP contribution in [0.2, 0.25) is 0 Å². The van der Waals surface area contributed by atoms with Crippen molar-refractivity contribution in [2.45, 2.75) is 0 Å². The van der Waals surface area contributed by atoms with Gasteiger partial charge in [-0.05, 0) is 12.1 Å². The zero-order valence-corrected chi connectivity index (χ0v) is 9.47. The zero-order chi connectivity index (χ0) is 11.8. The van der Waals surface area contributed by atoms with Gasteiger partial charge in [0.15, 0.2) is 0 Å². The van der Waals surface area contributed by atoms with E-state index in [2.05, 4.69) is 5.48 Å². The van der Waals surface area contributed by atoms with Crippen molar-refractivity contribution in [3.8, 4) is 5.75 Å². The maximum Gasteiger partial charge on any atom is 0.340 e. The van der Waals surface area contributed by atoms with Crippen molar-refractivity contribution in [2.75, 3.05) is 27.3 Å². The third kappa shape index (κ3) is 4.65. The molecule has 0 aliphatic carbocycles. The Bertz CT molecular complexity index is 314. The number of nitrogens with zero attached hydrogens (tertiary/aromatic N) is 1. The molecule has 0 bridgehead atoms. The highest BCUT2D eigenvalue weighted by Crippen LogP contribution is 2.07. The van der Waals surface area contributed by atoms with Gasteiger partial charge >= 0.3 is 6.03 Å². The molecule has 0 heterocycles. The van der Waals surface area contributed by atoms with Crippen molar-refractivity contribution in [1.29, 1.82) is 0 Å². The van der Waals surface area contributed by atoms with Crippen LogP contribution in [0, 0.1) is 0 Å². The lowest BCUT2D eigenvalue weighted by atomic mass is 10.3. The van der Waals surface area contributed by atoms with Gasteiger partial charge in [0.2, 0.25) is 0 Å². The van der Waals surface area contributed by atoms with E-state index < -0.39 is 0 Å². The quantitative estimate of drug-likeness (QED) is 0.605. The van der Waals surface area contributed by atoms with Gasteiger partial charge in [0.25, 0.3) is 0 Å². The number of carbonyl (C=O) groups is 1. The Kier molecular flexibility index (Phi) is 5.15. The van der Waals surface area contributed by atoms with Crippen LogP contribution in [0.4, 0.5) is 4.79 Å². The number of hydroxylamine groups is 1. The molecule has 0 aliphatic heterocycles. The molecule has 5 nitrogen and oxygen atoms in total. The van der Waals surface area contributed by atoms with E-state index in [1.54, 1.807) is 14.1 Å². The number of nitrogens with one attached hydrogen (secondary N) is 1. The van der Waals surface area contributed by atoms with Gasteiger partial charge in [0.05, 0.1) is 0 Å². The topological polar surface area (TPSA) is 50.8 Å². The monoisotopic (exact) mass is 224 g/mol. The van der Waals surface area contributed by atoms with Gasteiger partial charge < -0.3 is 9.64 Å². The summed E-state index contributed by atoms with van der Waals surface area (Å²) in [7, 11) is 3.28. The molecule has 1 aromatic rings. The Balaban J connectivity index is 2.07. The van der Waals surface area contributed by atoms with Crippen molar-refractivity contribution in [3.05, 3.63) is 30.3 Å². The number of rotatable bonds is 5. The smallest absolute Gasteiger partial charge is 0.340 e. The third-order valence-corrected chi connectivity index (χ3v) is 1.76. The van der Waals surface area contributed by atoms with Gasteiger partial charge in [0, 0.05) is 14.1 Å². The first-order valence-corrected chi connectivity index (χ1v) is 4.97. The average molecular weight is 224 g/mol. The maximum atomic E-state index is 11.0. The van der Waals surface area contributed by atoms with Crippen LogP contribution in [0.3, 0.4) is 0 Å². The van der Waals surface area contributed by atoms with E-state index in [0.29, 0.717) is 13.2 Å². The molecule has 0 atom stereocenters. The Morgan fingerprint density at radius 1 is 1.25 bits per heavy atom. The third-order valence-electron chi connectivity index (χ3n) is 1.76. The number of benzene rings is 1. The normalized spacial score (nSPS) is 9.62. The Morgan fingerprint density at radius 2 is 1.94 bits per heavy atom. The summed E-state index contributed by atoms with van der Waals surface area (Å²) >= 11 is 0. The summed E-state index contributed by atoms with van der Waals surface area (Å²) in [5.41, 5.74) is 2.28. The first-order chi connectivity index (χ1) is 7.70. The van der Waals surface area contributed by atoms with Crippen LogP contribution in [0.1, 0.15) is 0 Å². The van der Waals surface area contributed by atoms with E-state index in [-0.39, 0.29) is 6.03 Å². The molecule has 0 spiro atoms. The number of carbonyl (C=O) groups excluding carboxylic acids is 1.